The number of fused-ring (bicyclic) bond motifs is 3. The first-order chi connectivity index (χ1) is 15.3. The lowest BCUT2D eigenvalue weighted by molar-refractivity contribution is -0.155. The van der Waals surface area contributed by atoms with E-state index in [-0.39, 0.29) is 24.3 Å². The second-order valence-corrected chi connectivity index (χ2v) is 7.95. The molecule has 10 heteroatoms. The first kappa shape index (κ1) is 20.5. The van der Waals surface area contributed by atoms with E-state index in [0.29, 0.717) is 29.0 Å². The predicted molar refractivity (Wildman–Crippen MR) is 108 cm³/mol. The molecule has 5 rings (SSSR count). The van der Waals surface area contributed by atoms with E-state index in [4.69, 9.17) is 9.72 Å². The molecule has 0 spiro atoms. The highest BCUT2D eigenvalue weighted by atomic mass is 19.4. The van der Waals surface area contributed by atoms with Gasteiger partial charge in [-0.25, -0.2) is 4.98 Å². The van der Waals surface area contributed by atoms with Crippen molar-refractivity contribution in [3.8, 4) is 6.07 Å². The minimum atomic E-state index is -4.60. The summed E-state index contributed by atoms with van der Waals surface area (Å²) >= 11 is 0. The summed E-state index contributed by atoms with van der Waals surface area (Å²) in [6.45, 7) is 2.56. The van der Waals surface area contributed by atoms with Crippen molar-refractivity contribution in [2.75, 3.05) is 6.61 Å². The number of ether oxygens (including phenoxy) is 1. The van der Waals surface area contributed by atoms with Crippen LogP contribution in [0.3, 0.4) is 0 Å². The van der Waals surface area contributed by atoms with E-state index in [1.165, 1.54) is 0 Å². The fourth-order valence-corrected chi connectivity index (χ4v) is 4.31. The number of benzene rings is 1. The van der Waals surface area contributed by atoms with E-state index < -0.39 is 11.9 Å². The van der Waals surface area contributed by atoms with Gasteiger partial charge in [-0.1, -0.05) is 5.16 Å². The molecule has 1 aromatic carbocycles. The molecule has 1 fully saturated rings. The van der Waals surface area contributed by atoms with Crippen molar-refractivity contribution >= 4 is 21.9 Å². The fraction of sp³-hybridized carbons (Fsp3) is 0.364. The largest absolute Gasteiger partial charge is 0.452 e. The molecule has 7 nitrogen and oxygen atoms in total. The van der Waals surface area contributed by atoms with Gasteiger partial charge in [0.2, 0.25) is 5.76 Å². The molecule has 1 aliphatic rings. The molecule has 0 N–H and O–H groups in total. The molecule has 1 saturated heterocycles. The zero-order valence-corrected chi connectivity index (χ0v) is 17.1. The van der Waals surface area contributed by atoms with E-state index >= 15 is 0 Å². The number of nitrogens with zero attached hydrogens (tertiary/aromatic N) is 5. The minimum Gasteiger partial charge on any atom is -0.378 e. The van der Waals surface area contributed by atoms with Crippen LogP contribution in [0.5, 0.6) is 0 Å². The summed E-state index contributed by atoms with van der Waals surface area (Å²) in [5, 5.41) is 13.8. The van der Waals surface area contributed by atoms with Gasteiger partial charge < -0.3 is 13.8 Å². The van der Waals surface area contributed by atoms with Crippen molar-refractivity contribution in [2.45, 2.75) is 44.5 Å². The Morgan fingerprint density at radius 2 is 2.09 bits per heavy atom. The number of imidazole rings is 1. The molecule has 0 bridgehead atoms. The van der Waals surface area contributed by atoms with E-state index in [1.807, 2.05) is 6.92 Å². The lowest BCUT2D eigenvalue weighted by Crippen LogP contribution is -2.26. The Morgan fingerprint density at radius 1 is 1.25 bits per heavy atom. The molecule has 0 saturated carbocycles. The molecule has 164 valence electrons. The van der Waals surface area contributed by atoms with Crippen LogP contribution in [0.4, 0.5) is 13.2 Å². The Bertz CT molecular complexity index is 1350. The molecule has 0 aliphatic carbocycles. The smallest absolute Gasteiger partial charge is 0.378 e. The number of alkyl halides is 3. The van der Waals surface area contributed by atoms with Gasteiger partial charge in [-0.05, 0) is 38.0 Å². The molecule has 0 amide bonds. The molecule has 4 aromatic rings. The van der Waals surface area contributed by atoms with Crippen molar-refractivity contribution in [2.24, 2.45) is 0 Å². The topological polar surface area (TPSA) is 89.8 Å². The first-order valence-corrected chi connectivity index (χ1v) is 10.2. The van der Waals surface area contributed by atoms with Crippen LogP contribution in [-0.2, 0) is 17.3 Å². The molecule has 3 aromatic heterocycles. The lowest BCUT2D eigenvalue weighted by Gasteiger charge is -2.30. The highest BCUT2D eigenvalue weighted by Gasteiger charge is 2.36. The standard InChI is InChI=1S/C22H18F3N5O2/c1-12-6-15(4-5-31-12)30-20(9-14-8-19(32-29-14)22(23,24)25)28-18-11-27-17-3-2-13(10-26)7-16(17)21(18)30/h2-3,7-8,11-12,15H,4-6,9H2,1H3/t12-,15?/m1/s1. The maximum absolute atomic E-state index is 13.0. The van der Waals surface area contributed by atoms with Gasteiger partial charge >= 0.3 is 6.18 Å². The average Bonchev–Trinajstić information content (AvgIpc) is 3.38. The van der Waals surface area contributed by atoms with Gasteiger partial charge in [0.05, 0.1) is 47.1 Å². The Morgan fingerprint density at radius 3 is 2.81 bits per heavy atom. The van der Waals surface area contributed by atoms with Crippen molar-refractivity contribution in [1.29, 1.82) is 5.26 Å². The third-order valence-electron chi connectivity index (χ3n) is 5.72. The second-order valence-electron chi connectivity index (χ2n) is 7.95. The van der Waals surface area contributed by atoms with Crippen LogP contribution in [0.1, 0.15) is 48.6 Å². The quantitative estimate of drug-likeness (QED) is 0.454. The number of halogens is 3. The van der Waals surface area contributed by atoms with E-state index in [1.54, 1.807) is 24.4 Å². The maximum Gasteiger partial charge on any atom is 0.452 e. The molecule has 1 unspecified atom stereocenters. The number of nitriles is 1. The van der Waals surface area contributed by atoms with Crippen LogP contribution in [0.2, 0.25) is 0 Å². The third-order valence-corrected chi connectivity index (χ3v) is 5.72. The van der Waals surface area contributed by atoms with Gasteiger partial charge in [0.25, 0.3) is 0 Å². The van der Waals surface area contributed by atoms with Gasteiger partial charge in [0.1, 0.15) is 11.3 Å². The number of rotatable bonds is 3. The van der Waals surface area contributed by atoms with Crippen molar-refractivity contribution in [3.63, 3.8) is 0 Å². The second kappa shape index (κ2) is 7.60. The van der Waals surface area contributed by atoms with Crippen molar-refractivity contribution in [3.05, 3.63) is 53.3 Å². The van der Waals surface area contributed by atoms with Crippen LogP contribution in [0, 0.1) is 11.3 Å². The van der Waals surface area contributed by atoms with Crippen LogP contribution in [0.15, 0.2) is 35.0 Å². The fourth-order valence-electron chi connectivity index (χ4n) is 4.31. The van der Waals surface area contributed by atoms with Crippen LogP contribution in [0.25, 0.3) is 21.9 Å². The number of hydrogen-bond donors (Lipinski definition) is 0. The zero-order chi connectivity index (χ0) is 22.5. The van der Waals surface area contributed by atoms with Gasteiger partial charge in [-0.15, -0.1) is 0 Å². The SMILES string of the molecule is C[C@@H]1CC(n2c(Cc3cc(C(F)(F)F)on3)nc3cnc4ccc(C#N)cc4c32)CCO1. The Kier molecular flexibility index (Phi) is 4.86. The van der Waals surface area contributed by atoms with Crippen LogP contribution >= 0.6 is 0 Å². The van der Waals surface area contributed by atoms with Gasteiger partial charge in [0, 0.05) is 24.1 Å². The van der Waals surface area contributed by atoms with Gasteiger partial charge in [0.15, 0.2) is 0 Å². The van der Waals surface area contributed by atoms with Crippen molar-refractivity contribution < 1.29 is 22.4 Å². The molecule has 32 heavy (non-hydrogen) atoms. The predicted octanol–water partition coefficient (Wildman–Crippen LogP) is 4.79. The molecule has 4 heterocycles. The maximum atomic E-state index is 13.0. The molecule has 2 atom stereocenters. The first-order valence-electron chi connectivity index (χ1n) is 10.2. The highest BCUT2D eigenvalue weighted by molar-refractivity contribution is 6.02. The summed E-state index contributed by atoms with van der Waals surface area (Å²) < 4.78 is 51.1. The summed E-state index contributed by atoms with van der Waals surface area (Å²) in [6.07, 6.45) is -1.39. The zero-order valence-electron chi connectivity index (χ0n) is 17.1. The van der Waals surface area contributed by atoms with Gasteiger partial charge in [-0.3, -0.25) is 4.98 Å². The minimum absolute atomic E-state index is 0.0316. The summed E-state index contributed by atoms with van der Waals surface area (Å²) in [5.74, 6) is -0.571. The molecular weight excluding hydrogens is 423 g/mol. The Labute approximate surface area is 180 Å². The van der Waals surface area contributed by atoms with E-state index in [9.17, 15) is 18.4 Å². The highest BCUT2D eigenvalue weighted by Crippen LogP contribution is 2.35. The molecule has 1 aliphatic heterocycles. The Balaban J connectivity index is 1.69. The number of hydrogen-bond acceptors (Lipinski definition) is 6. The normalized spacial score (nSPS) is 19.5. The van der Waals surface area contributed by atoms with Crippen LogP contribution < -0.4 is 0 Å². The Hall–Kier alpha value is -3.45. The summed E-state index contributed by atoms with van der Waals surface area (Å²) in [7, 11) is 0. The van der Waals surface area contributed by atoms with Crippen molar-refractivity contribution in [1.82, 2.24) is 19.7 Å². The summed E-state index contributed by atoms with van der Waals surface area (Å²) in [6, 6.07) is 8.34. The summed E-state index contributed by atoms with van der Waals surface area (Å²) in [4.78, 5) is 9.15. The van der Waals surface area contributed by atoms with E-state index in [2.05, 4.69) is 25.3 Å². The number of pyridine rings is 1. The molecular formula is C22H18F3N5O2. The monoisotopic (exact) mass is 441 g/mol. The van der Waals surface area contributed by atoms with Crippen LogP contribution in [-0.4, -0.2) is 32.4 Å². The van der Waals surface area contributed by atoms with E-state index in [0.717, 1.165) is 29.8 Å². The lowest BCUT2D eigenvalue weighted by atomic mass is 10.0. The molecule has 0 radical (unpaired) electrons. The third kappa shape index (κ3) is 3.58. The number of aromatic nitrogens is 4. The van der Waals surface area contributed by atoms with Gasteiger partial charge in [-0.2, -0.15) is 18.4 Å². The summed E-state index contributed by atoms with van der Waals surface area (Å²) in [5.41, 5.74) is 2.77. The average molecular weight is 441 g/mol.